The molecule has 1 atom stereocenters. The van der Waals surface area contributed by atoms with Crippen LogP contribution in [0.4, 0.5) is 0 Å². The molecule has 0 aromatic heterocycles. The summed E-state index contributed by atoms with van der Waals surface area (Å²) in [4.78, 5) is 11.3. The summed E-state index contributed by atoms with van der Waals surface area (Å²) in [7, 11) is 1.63. The number of aliphatic carboxylic acids is 1. The molecule has 1 aliphatic rings. The third-order valence-electron chi connectivity index (χ3n) is 3.83. The summed E-state index contributed by atoms with van der Waals surface area (Å²) in [5.41, 5.74) is 1.000. The molecule has 17 heavy (non-hydrogen) atoms. The zero-order valence-electron chi connectivity index (χ0n) is 10.3. The highest BCUT2D eigenvalue weighted by Crippen LogP contribution is 2.55. The number of ether oxygens (including phenoxy) is 1. The molecule has 0 aliphatic heterocycles. The zero-order valence-corrected chi connectivity index (χ0v) is 10.3. The second-order valence-electron chi connectivity index (χ2n) is 4.68. The first kappa shape index (κ1) is 12.0. The molecule has 0 saturated heterocycles. The fourth-order valence-electron chi connectivity index (χ4n) is 2.70. The molecule has 92 valence electrons. The number of benzene rings is 1. The van der Waals surface area contributed by atoms with Crippen LogP contribution >= 0.6 is 0 Å². The van der Waals surface area contributed by atoms with E-state index in [1.165, 1.54) is 0 Å². The number of carbonyl (C=O) groups is 1. The lowest BCUT2D eigenvalue weighted by molar-refractivity contribution is -0.143. The van der Waals surface area contributed by atoms with Crippen LogP contribution in [-0.2, 0) is 10.2 Å². The largest absolute Gasteiger partial charge is 0.497 e. The first-order chi connectivity index (χ1) is 8.14. The fraction of sp³-hybridized carbons (Fsp3) is 0.500. The number of carboxylic acids is 1. The summed E-state index contributed by atoms with van der Waals surface area (Å²) in [6, 6.07) is 7.81. The van der Waals surface area contributed by atoms with Crippen LogP contribution in [0, 0.1) is 5.92 Å². The second kappa shape index (κ2) is 4.40. The van der Waals surface area contributed by atoms with Gasteiger partial charge in [0.05, 0.1) is 13.0 Å². The molecule has 1 fully saturated rings. The van der Waals surface area contributed by atoms with E-state index in [1.807, 2.05) is 31.2 Å². The number of hydrogen-bond donors (Lipinski definition) is 1. The topological polar surface area (TPSA) is 46.5 Å². The van der Waals surface area contributed by atoms with E-state index in [4.69, 9.17) is 4.74 Å². The van der Waals surface area contributed by atoms with Crippen LogP contribution in [0.25, 0.3) is 0 Å². The van der Waals surface area contributed by atoms with Gasteiger partial charge in [-0.1, -0.05) is 19.1 Å². The third kappa shape index (κ3) is 2.02. The lowest BCUT2D eigenvalue weighted by atomic mass is 9.81. The van der Waals surface area contributed by atoms with Crippen molar-refractivity contribution in [2.24, 2.45) is 5.92 Å². The minimum Gasteiger partial charge on any atom is -0.497 e. The summed E-state index contributed by atoms with van der Waals surface area (Å²) < 4.78 is 5.12. The van der Waals surface area contributed by atoms with Crippen molar-refractivity contribution >= 4 is 5.97 Å². The average molecular weight is 234 g/mol. The minimum atomic E-state index is -0.680. The quantitative estimate of drug-likeness (QED) is 0.852. The molecule has 1 aliphatic carbocycles. The number of hydrogen-bond acceptors (Lipinski definition) is 2. The van der Waals surface area contributed by atoms with E-state index in [1.54, 1.807) is 7.11 Å². The lowest BCUT2D eigenvalue weighted by Crippen LogP contribution is -2.27. The maximum atomic E-state index is 11.3. The number of rotatable bonds is 5. The predicted octanol–water partition coefficient (Wildman–Crippen LogP) is 2.84. The third-order valence-corrected chi connectivity index (χ3v) is 3.83. The van der Waals surface area contributed by atoms with Crippen LogP contribution < -0.4 is 4.74 Å². The van der Waals surface area contributed by atoms with E-state index in [-0.39, 0.29) is 11.3 Å². The van der Waals surface area contributed by atoms with E-state index >= 15 is 0 Å². The van der Waals surface area contributed by atoms with Gasteiger partial charge in [0.15, 0.2) is 0 Å². The average Bonchev–Trinajstić information content (AvgIpc) is 3.11. The van der Waals surface area contributed by atoms with Gasteiger partial charge in [0, 0.05) is 5.41 Å². The summed E-state index contributed by atoms with van der Waals surface area (Å²) in [6.07, 6.45) is 2.63. The van der Waals surface area contributed by atoms with Gasteiger partial charge in [0.2, 0.25) is 0 Å². The summed E-state index contributed by atoms with van der Waals surface area (Å²) in [5.74, 6) is -0.135. The molecule has 3 heteroatoms. The van der Waals surface area contributed by atoms with Crippen molar-refractivity contribution in [3.63, 3.8) is 0 Å². The maximum absolute atomic E-state index is 11.3. The Morgan fingerprint density at radius 2 is 2.00 bits per heavy atom. The molecule has 0 bridgehead atoms. The van der Waals surface area contributed by atoms with Crippen LogP contribution in [-0.4, -0.2) is 18.2 Å². The first-order valence-electron chi connectivity index (χ1n) is 6.01. The van der Waals surface area contributed by atoms with Gasteiger partial charge in [-0.25, -0.2) is 0 Å². The molecule has 0 radical (unpaired) electrons. The van der Waals surface area contributed by atoms with Gasteiger partial charge in [-0.3, -0.25) is 4.79 Å². The van der Waals surface area contributed by atoms with E-state index < -0.39 is 5.97 Å². The predicted molar refractivity (Wildman–Crippen MR) is 65.3 cm³/mol. The Morgan fingerprint density at radius 3 is 2.35 bits per heavy atom. The first-order valence-corrected chi connectivity index (χ1v) is 6.01. The zero-order chi connectivity index (χ0) is 12.5. The normalized spacial score (nSPS) is 18.5. The van der Waals surface area contributed by atoms with Crippen molar-refractivity contribution in [1.82, 2.24) is 0 Å². The van der Waals surface area contributed by atoms with Crippen LogP contribution in [0.3, 0.4) is 0 Å². The lowest BCUT2D eigenvalue weighted by Gasteiger charge is -2.22. The van der Waals surface area contributed by atoms with Crippen molar-refractivity contribution in [2.45, 2.75) is 31.6 Å². The Bertz CT molecular complexity index is 404. The Hall–Kier alpha value is -1.51. The van der Waals surface area contributed by atoms with Gasteiger partial charge in [0.1, 0.15) is 5.75 Å². The van der Waals surface area contributed by atoms with Crippen molar-refractivity contribution in [2.75, 3.05) is 7.11 Å². The molecule has 3 nitrogen and oxygen atoms in total. The van der Waals surface area contributed by atoms with E-state index in [2.05, 4.69) is 0 Å². The Kier molecular flexibility index (Phi) is 3.09. The van der Waals surface area contributed by atoms with Crippen LogP contribution in [0.1, 0.15) is 31.7 Å². The second-order valence-corrected chi connectivity index (χ2v) is 4.68. The highest BCUT2D eigenvalue weighted by atomic mass is 16.5. The van der Waals surface area contributed by atoms with E-state index in [0.29, 0.717) is 6.42 Å². The van der Waals surface area contributed by atoms with Gasteiger partial charge in [-0.2, -0.15) is 0 Å². The molecule has 1 saturated carbocycles. The van der Waals surface area contributed by atoms with Crippen LogP contribution in [0.5, 0.6) is 5.75 Å². The highest BCUT2D eigenvalue weighted by Gasteiger charge is 2.52. The molecular formula is C14H18O3. The van der Waals surface area contributed by atoms with Gasteiger partial charge in [-0.15, -0.1) is 0 Å². The maximum Gasteiger partial charge on any atom is 0.307 e. The molecule has 2 rings (SSSR count). The van der Waals surface area contributed by atoms with E-state index in [9.17, 15) is 9.90 Å². The summed E-state index contributed by atoms with van der Waals surface area (Å²) in [5, 5.41) is 9.29. The molecule has 0 heterocycles. The van der Waals surface area contributed by atoms with Crippen molar-refractivity contribution in [3.05, 3.63) is 29.8 Å². The SMILES string of the molecule is CCC(C(=O)O)C1(c2ccc(OC)cc2)CC1. The van der Waals surface area contributed by atoms with Gasteiger partial charge >= 0.3 is 5.97 Å². The Balaban J connectivity index is 2.28. The van der Waals surface area contributed by atoms with Gasteiger partial charge in [0.25, 0.3) is 0 Å². The fourth-order valence-corrected chi connectivity index (χ4v) is 2.70. The number of carboxylic acid groups (broad SMARTS) is 1. The number of methoxy groups -OCH3 is 1. The molecule has 1 aromatic rings. The molecule has 0 amide bonds. The highest BCUT2D eigenvalue weighted by molar-refractivity contribution is 5.73. The smallest absolute Gasteiger partial charge is 0.307 e. The van der Waals surface area contributed by atoms with Crippen molar-refractivity contribution < 1.29 is 14.6 Å². The summed E-state index contributed by atoms with van der Waals surface area (Å²) in [6.45, 7) is 1.95. The molecule has 1 N–H and O–H groups in total. The van der Waals surface area contributed by atoms with Gasteiger partial charge in [-0.05, 0) is 37.0 Å². The summed E-state index contributed by atoms with van der Waals surface area (Å²) >= 11 is 0. The molecule has 1 unspecified atom stereocenters. The van der Waals surface area contributed by atoms with E-state index in [0.717, 1.165) is 24.2 Å². The van der Waals surface area contributed by atoms with Crippen molar-refractivity contribution in [3.8, 4) is 5.75 Å². The minimum absolute atomic E-state index is 0.132. The molecule has 1 aromatic carbocycles. The van der Waals surface area contributed by atoms with Gasteiger partial charge < -0.3 is 9.84 Å². The molecular weight excluding hydrogens is 216 g/mol. The van der Waals surface area contributed by atoms with Crippen LogP contribution in [0.15, 0.2) is 24.3 Å². The monoisotopic (exact) mass is 234 g/mol. The Morgan fingerprint density at radius 1 is 1.41 bits per heavy atom. The standard InChI is InChI=1S/C14H18O3/c1-3-12(13(15)16)14(8-9-14)10-4-6-11(17-2)7-5-10/h4-7,12H,3,8-9H2,1-2H3,(H,15,16). The molecule has 0 spiro atoms. The van der Waals surface area contributed by atoms with Crippen LogP contribution in [0.2, 0.25) is 0 Å². The Labute approximate surface area is 101 Å². The van der Waals surface area contributed by atoms with Crippen molar-refractivity contribution in [1.29, 1.82) is 0 Å².